The second kappa shape index (κ2) is 21.1. The number of hydrogen-bond acceptors (Lipinski definition) is 8. The van der Waals surface area contributed by atoms with Crippen LogP contribution in [0.2, 0.25) is 0 Å². The molecule has 2 saturated heterocycles. The molecular weight excluding hydrogens is 608 g/mol. The molecule has 5 rings (SSSR count). The summed E-state index contributed by atoms with van der Waals surface area (Å²) < 4.78 is 31.7. The summed E-state index contributed by atoms with van der Waals surface area (Å²) in [6.07, 6.45) is 21.2. The van der Waals surface area contributed by atoms with E-state index >= 15 is 0 Å². The van der Waals surface area contributed by atoms with E-state index in [0.29, 0.717) is 18.9 Å². The number of rotatable bonds is 22. The molecule has 1 aromatic carbocycles. The van der Waals surface area contributed by atoms with Crippen LogP contribution in [0, 0.1) is 0 Å². The average molecular weight is 665 g/mol. The van der Waals surface area contributed by atoms with Crippen LogP contribution in [-0.2, 0) is 25.6 Å². The maximum absolute atomic E-state index is 11.8. The molecule has 10 nitrogen and oxygen atoms in total. The Morgan fingerprint density at radius 2 is 1.52 bits per heavy atom. The topological polar surface area (TPSA) is 110 Å². The van der Waals surface area contributed by atoms with E-state index in [9.17, 15) is 4.79 Å². The van der Waals surface area contributed by atoms with Crippen molar-refractivity contribution < 1.29 is 28.2 Å². The van der Waals surface area contributed by atoms with Gasteiger partial charge in [0.15, 0.2) is 12.0 Å². The van der Waals surface area contributed by atoms with E-state index in [2.05, 4.69) is 46.1 Å². The highest BCUT2D eigenvalue weighted by Gasteiger charge is 2.28. The predicted molar refractivity (Wildman–Crippen MR) is 183 cm³/mol. The number of ether oxygens (including phenoxy) is 4. The lowest BCUT2D eigenvalue weighted by atomic mass is 9.99. The molecular formula is C38H56N4O6. The Bertz CT molecular complexity index is 1270. The summed E-state index contributed by atoms with van der Waals surface area (Å²) in [6, 6.07) is 13.7. The van der Waals surface area contributed by atoms with Gasteiger partial charge in [0.05, 0.1) is 31.3 Å². The highest BCUT2D eigenvalue weighted by atomic mass is 16.5. The fourth-order valence-corrected chi connectivity index (χ4v) is 6.59. The van der Waals surface area contributed by atoms with Gasteiger partial charge in [-0.15, -0.1) is 5.10 Å². The number of nitrogens with one attached hydrogen (secondary N) is 1. The van der Waals surface area contributed by atoms with Gasteiger partial charge in [-0.3, -0.25) is 4.79 Å². The Balaban J connectivity index is 0.874. The fourth-order valence-electron chi connectivity index (χ4n) is 6.59. The van der Waals surface area contributed by atoms with Gasteiger partial charge >= 0.3 is 0 Å². The highest BCUT2D eigenvalue weighted by Crippen LogP contribution is 2.34. The van der Waals surface area contributed by atoms with Crippen molar-refractivity contribution >= 4 is 5.91 Å². The Morgan fingerprint density at radius 1 is 0.792 bits per heavy atom. The maximum atomic E-state index is 11.8. The molecule has 1 N–H and O–H groups in total. The number of hydrogen-bond donors (Lipinski definition) is 1. The van der Waals surface area contributed by atoms with E-state index in [1.54, 1.807) is 12.1 Å². The molecule has 0 unspecified atom stereocenters. The van der Waals surface area contributed by atoms with Crippen molar-refractivity contribution in [1.82, 2.24) is 20.3 Å². The molecule has 0 saturated carbocycles. The van der Waals surface area contributed by atoms with Gasteiger partial charge in [0.2, 0.25) is 0 Å². The number of nitrogens with zero attached hydrogens (tertiary/aromatic N) is 3. The van der Waals surface area contributed by atoms with E-state index in [0.717, 1.165) is 128 Å². The minimum absolute atomic E-state index is 0.0201. The highest BCUT2D eigenvalue weighted by molar-refractivity contribution is 5.91. The molecule has 0 aliphatic carbocycles. The zero-order valence-electron chi connectivity index (χ0n) is 28.6. The van der Waals surface area contributed by atoms with Crippen LogP contribution in [0.25, 0.3) is 0 Å². The van der Waals surface area contributed by atoms with Crippen LogP contribution in [-0.4, -0.2) is 59.5 Å². The Morgan fingerprint density at radius 3 is 2.31 bits per heavy atom. The van der Waals surface area contributed by atoms with Crippen molar-refractivity contribution in [3.05, 3.63) is 71.9 Å². The Kier molecular flexibility index (Phi) is 15.9. The third-order valence-corrected chi connectivity index (χ3v) is 9.32. The molecule has 4 atom stereocenters. The first-order chi connectivity index (χ1) is 23.7. The van der Waals surface area contributed by atoms with Crippen molar-refractivity contribution in [2.75, 3.05) is 26.4 Å². The lowest BCUT2D eigenvalue weighted by molar-refractivity contribution is -0.0993. The Labute approximate surface area is 286 Å². The first-order valence-electron chi connectivity index (χ1n) is 18.5. The fraction of sp³-hybridized carbons (Fsp3) is 0.658. The number of carbonyl (C=O) groups excluding carboxylic acids is 1. The van der Waals surface area contributed by atoms with E-state index in [1.165, 1.54) is 11.8 Å². The minimum atomic E-state index is -0.146. The van der Waals surface area contributed by atoms with Gasteiger partial charge in [0, 0.05) is 26.4 Å². The zero-order valence-corrected chi connectivity index (χ0v) is 28.6. The lowest BCUT2D eigenvalue weighted by Crippen LogP contribution is -2.26. The van der Waals surface area contributed by atoms with Crippen LogP contribution < -0.4 is 5.32 Å². The van der Waals surface area contributed by atoms with Crippen LogP contribution in [0.5, 0.6) is 0 Å². The lowest BCUT2D eigenvalue weighted by Gasteiger charge is -2.30. The summed E-state index contributed by atoms with van der Waals surface area (Å²) >= 11 is 0. The standard InChI is InChI=1S/C38H56N4O6/c43-38(36-22-14-28-46-36)39-24-8-1-2-9-25-44-26-10-6-18-33-20-13-23-37(48-33)42-29-34(40-41-42)35-21-12-19-32(47-35)17-7-11-27-45-30-31-15-4-3-5-16-31/h3-5,14-16,22,28-29,32-33,35,37H,1-2,6-13,17-21,23-27,30H2,(H,39,43)/t32-,33+,35-,37+/m1/s1. The SMILES string of the molecule is O=C(NCCCCCCOCCCC[C@H]1CCC[C@@H](n2cc([C@H]3CCC[C@@H](CCCCOCc4ccccc4)O3)nn2)O1)c1ccco1. The average Bonchev–Trinajstić information content (AvgIpc) is 3.85. The number of amides is 1. The van der Waals surface area contributed by atoms with Crippen LogP contribution in [0.3, 0.4) is 0 Å². The minimum Gasteiger partial charge on any atom is -0.459 e. The molecule has 2 fully saturated rings. The molecule has 2 aliphatic heterocycles. The first-order valence-corrected chi connectivity index (χ1v) is 18.5. The molecule has 0 spiro atoms. The summed E-state index contributed by atoms with van der Waals surface area (Å²) in [5.41, 5.74) is 2.16. The van der Waals surface area contributed by atoms with Crippen molar-refractivity contribution in [3.63, 3.8) is 0 Å². The van der Waals surface area contributed by atoms with Crippen LogP contribution >= 0.6 is 0 Å². The smallest absolute Gasteiger partial charge is 0.286 e. The second-order valence-electron chi connectivity index (χ2n) is 13.2. The zero-order chi connectivity index (χ0) is 33.1. The van der Waals surface area contributed by atoms with Crippen molar-refractivity contribution in [2.24, 2.45) is 0 Å². The molecule has 0 radical (unpaired) electrons. The summed E-state index contributed by atoms with van der Waals surface area (Å²) in [5.74, 6) is 0.219. The largest absolute Gasteiger partial charge is 0.459 e. The second-order valence-corrected chi connectivity index (χ2v) is 13.2. The number of aromatic nitrogens is 3. The molecule has 0 bridgehead atoms. The maximum Gasteiger partial charge on any atom is 0.286 e. The molecule has 10 heteroatoms. The predicted octanol–water partition coefficient (Wildman–Crippen LogP) is 8.11. The number of benzene rings is 1. The van der Waals surface area contributed by atoms with Crippen molar-refractivity contribution in [3.8, 4) is 0 Å². The summed E-state index contributed by atoms with van der Waals surface area (Å²) in [7, 11) is 0. The quantitative estimate of drug-likeness (QED) is 0.107. The van der Waals surface area contributed by atoms with E-state index < -0.39 is 0 Å². The van der Waals surface area contributed by atoms with Crippen molar-refractivity contribution in [2.45, 2.75) is 134 Å². The van der Waals surface area contributed by atoms with Gasteiger partial charge in [0.25, 0.3) is 5.91 Å². The van der Waals surface area contributed by atoms with Crippen LogP contribution in [0.4, 0.5) is 0 Å². The van der Waals surface area contributed by atoms with Crippen molar-refractivity contribution in [1.29, 1.82) is 0 Å². The number of unbranched alkanes of at least 4 members (excludes halogenated alkanes) is 5. The molecule has 48 heavy (non-hydrogen) atoms. The van der Waals surface area contributed by atoms with E-state index in [-0.39, 0.29) is 30.4 Å². The molecule has 264 valence electrons. The van der Waals surface area contributed by atoms with Crippen LogP contribution in [0.15, 0.2) is 59.3 Å². The van der Waals surface area contributed by atoms with E-state index in [1.807, 2.05) is 10.7 Å². The van der Waals surface area contributed by atoms with Gasteiger partial charge in [-0.1, -0.05) is 48.4 Å². The van der Waals surface area contributed by atoms with Gasteiger partial charge in [-0.25, -0.2) is 4.68 Å². The molecule has 2 aliphatic rings. The molecule has 4 heterocycles. The molecule has 1 amide bonds. The summed E-state index contributed by atoms with van der Waals surface area (Å²) in [5, 5.41) is 11.9. The van der Waals surface area contributed by atoms with Gasteiger partial charge < -0.3 is 28.7 Å². The number of furan rings is 1. The van der Waals surface area contributed by atoms with Gasteiger partial charge in [-0.2, -0.15) is 0 Å². The summed E-state index contributed by atoms with van der Waals surface area (Å²) in [4.78, 5) is 11.8. The third kappa shape index (κ3) is 12.8. The monoisotopic (exact) mass is 664 g/mol. The number of carbonyl (C=O) groups is 1. The van der Waals surface area contributed by atoms with Gasteiger partial charge in [0.1, 0.15) is 11.8 Å². The normalized spacial score (nSPS) is 21.3. The summed E-state index contributed by atoms with van der Waals surface area (Å²) in [6.45, 7) is 3.73. The van der Waals surface area contributed by atoms with E-state index in [4.69, 9.17) is 23.4 Å². The third-order valence-electron chi connectivity index (χ3n) is 9.32. The Hall–Kier alpha value is -3.05. The van der Waals surface area contributed by atoms with Gasteiger partial charge in [-0.05, 0) is 108 Å². The molecule has 2 aromatic heterocycles. The first kappa shape index (κ1) is 36.2. The van der Waals surface area contributed by atoms with Crippen LogP contribution in [0.1, 0.15) is 137 Å². The molecule has 3 aromatic rings.